The second-order valence-corrected chi connectivity index (χ2v) is 11.1. The fourth-order valence-corrected chi connectivity index (χ4v) is 5.39. The summed E-state index contributed by atoms with van der Waals surface area (Å²) >= 11 is 0. The zero-order valence-electron chi connectivity index (χ0n) is 23.7. The predicted octanol–water partition coefficient (Wildman–Crippen LogP) is 4.38. The van der Waals surface area contributed by atoms with Crippen LogP contribution in [0.5, 0.6) is 0 Å². The van der Waals surface area contributed by atoms with E-state index in [4.69, 9.17) is 5.11 Å². The monoisotopic (exact) mass is 635 g/mol. The number of amides is 3. The maximum Gasteiger partial charge on any atom is 0.416 e. The fraction of sp³-hybridized carbons (Fsp3) is 0.571. The zero-order valence-corrected chi connectivity index (χ0v) is 23.7. The van der Waals surface area contributed by atoms with Gasteiger partial charge in [0.25, 0.3) is 5.91 Å². The number of rotatable bonds is 12. The van der Waals surface area contributed by atoms with Crippen molar-refractivity contribution in [3.05, 3.63) is 47.0 Å². The molecule has 1 aromatic heterocycles. The maximum absolute atomic E-state index is 15.3. The van der Waals surface area contributed by atoms with Crippen LogP contribution in [0.3, 0.4) is 0 Å². The van der Waals surface area contributed by atoms with Crippen LogP contribution in [-0.2, 0) is 22.3 Å². The standard InChI is InChI=1S/C28H32F7N5O4/c1-3-40-20(8-9-36-40)25(43)39-23(22(14-4-5-14)15-6-7-15)26(44)37-19-11-17(27(30,31)32)16(10-18(19)29)13(2)24(42)38-21(12-41)28(33,34)35/h8-11,13-15,21-23,41H,3-7,12H2,1-2H3,(H,37,44)(H,38,42)(H,39,43)/t13?,21?,23-/m0/s1. The summed E-state index contributed by atoms with van der Waals surface area (Å²) in [5, 5.41) is 19.3. The molecular weight excluding hydrogens is 603 g/mol. The molecule has 0 saturated heterocycles. The van der Waals surface area contributed by atoms with E-state index in [9.17, 15) is 40.7 Å². The zero-order chi connectivity index (χ0) is 32.6. The third kappa shape index (κ3) is 7.50. The average molecular weight is 636 g/mol. The van der Waals surface area contributed by atoms with Gasteiger partial charge in [-0.2, -0.15) is 31.4 Å². The van der Waals surface area contributed by atoms with E-state index >= 15 is 4.39 Å². The normalized spacial score (nSPS) is 17.6. The fourth-order valence-electron chi connectivity index (χ4n) is 5.39. The Labute approximate surface area is 247 Å². The number of carbonyl (C=O) groups is 3. The second kappa shape index (κ2) is 12.7. The maximum atomic E-state index is 15.3. The highest BCUT2D eigenvalue weighted by Crippen LogP contribution is 2.51. The van der Waals surface area contributed by atoms with Gasteiger partial charge in [0, 0.05) is 12.7 Å². The minimum atomic E-state index is -5.20. The molecule has 2 fully saturated rings. The van der Waals surface area contributed by atoms with E-state index < -0.39 is 77.3 Å². The molecule has 1 heterocycles. The molecule has 3 amide bonds. The number of aliphatic hydroxyl groups is 1. The molecule has 1 aromatic carbocycles. The highest BCUT2D eigenvalue weighted by molar-refractivity contribution is 6.01. The van der Waals surface area contributed by atoms with E-state index in [-0.39, 0.29) is 29.5 Å². The van der Waals surface area contributed by atoms with Crippen molar-refractivity contribution in [1.82, 2.24) is 20.4 Å². The van der Waals surface area contributed by atoms with Gasteiger partial charge in [-0.3, -0.25) is 19.1 Å². The van der Waals surface area contributed by atoms with Crippen molar-refractivity contribution in [2.45, 2.75) is 76.4 Å². The summed E-state index contributed by atoms with van der Waals surface area (Å²) in [5.74, 6) is -6.57. The van der Waals surface area contributed by atoms with Crippen molar-refractivity contribution in [2.75, 3.05) is 11.9 Å². The molecule has 4 N–H and O–H groups in total. The molecule has 16 heteroatoms. The molecule has 2 saturated carbocycles. The van der Waals surface area contributed by atoms with Gasteiger partial charge in [0.05, 0.1) is 23.8 Å². The quantitative estimate of drug-likeness (QED) is 0.258. The summed E-state index contributed by atoms with van der Waals surface area (Å²) < 4.78 is 98.0. The second-order valence-electron chi connectivity index (χ2n) is 11.1. The number of aliphatic hydroxyl groups excluding tert-OH is 1. The number of aromatic nitrogens is 2. The molecule has 2 aromatic rings. The highest BCUT2D eigenvalue weighted by Gasteiger charge is 2.49. The van der Waals surface area contributed by atoms with Gasteiger partial charge >= 0.3 is 12.4 Å². The molecule has 0 radical (unpaired) electrons. The predicted molar refractivity (Wildman–Crippen MR) is 142 cm³/mol. The third-order valence-electron chi connectivity index (χ3n) is 7.99. The molecule has 9 nitrogen and oxygen atoms in total. The summed E-state index contributed by atoms with van der Waals surface area (Å²) in [5.41, 5.74) is -3.26. The average Bonchev–Trinajstić information content (AvgIpc) is 3.89. The molecular formula is C28H32F7N5O4. The van der Waals surface area contributed by atoms with Gasteiger partial charge in [0.1, 0.15) is 23.6 Å². The van der Waals surface area contributed by atoms with E-state index in [0.717, 1.165) is 32.6 Å². The lowest BCUT2D eigenvalue weighted by molar-refractivity contribution is -0.169. The summed E-state index contributed by atoms with van der Waals surface area (Å²) in [6.07, 6.45) is -5.72. The Morgan fingerprint density at radius 2 is 1.64 bits per heavy atom. The number of nitrogens with zero attached hydrogens (tertiary/aromatic N) is 2. The molecule has 0 aliphatic heterocycles. The molecule has 0 bridgehead atoms. The first-order valence-corrected chi connectivity index (χ1v) is 14.1. The van der Waals surface area contributed by atoms with Crippen molar-refractivity contribution in [1.29, 1.82) is 0 Å². The summed E-state index contributed by atoms with van der Waals surface area (Å²) in [4.78, 5) is 39.2. The first-order valence-electron chi connectivity index (χ1n) is 14.1. The number of carbonyl (C=O) groups excluding carboxylic acids is 3. The van der Waals surface area contributed by atoms with Crippen LogP contribution < -0.4 is 16.0 Å². The minimum absolute atomic E-state index is 0.0893. The Kier molecular flexibility index (Phi) is 9.61. The van der Waals surface area contributed by atoms with Crippen LogP contribution in [0.1, 0.15) is 67.1 Å². The Balaban J connectivity index is 1.63. The molecule has 4 rings (SSSR count). The summed E-state index contributed by atoms with van der Waals surface area (Å²) in [6, 6.07) is -1.91. The SMILES string of the molecule is CCn1nccc1C(=O)N[C@H](C(=O)Nc1cc(C(F)(F)F)c(C(C)C(=O)NC(CO)C(F)(F)F)cc1F)C(C1CC1)C1CC1. The Morgan fingerprint density at radius 3 is 2.14 bits per heavy atom. The van der Waals surface area contributed by atoms with E-state index in [1.165, 1.54) is 22.3 Å². The van der Waals surface area contributed by atoms with Crippen molar-refractivity contribution in [3.8, 4) is 0 Å². The number of hydrogen-bond acceptors (Lipinski definition) is 5. The van der Waals surface area contributed by atoms with Crippen molar-refractivity contribution < 1.29 is 50.2 Å². The van der Waals surface area contributed by atoms with Gasteiger partial charge in [0.15, 0.2) is 0 Å². The highest BCUT2D eigenvalue weighted by atomic mass is 19.4. The van der Waals surface area contributed by atoms with E-state index in [1.807, 2.05) is 0 Å². The molecule has 3 atom stereocenters. The van der Waals surface area contributed by atoms with Crippen molar-refractivity contribution in [2.24, 2.45) is 17.8 Å². The van der Waals surface area contributed by atoms with Crippen LogP contribution in [0.25, 0.3) is 0 Å². The number of aryl methyl sites for hydroxylation is 1. The molecule has 0 spiro atoms. The number of anilines is 1. The first-order chi connectivity index (χ1) is 20.6. The summed E-state index contributed by atoms with van der Waals surface area (Å²) in [6.45, 7) is 1.40. The van der Waals surface area contributed by atoms with Crippen LogP contribution in [0.4, 0.5) is 36.4 Å². The smallest absolute Gasteiger partial charge is 0.394 e. The number of hydrogen-bond donors (Lipinski definition) is 4. The Bertz CT molecular complexity index is 1370. The van der Waals surface area contributed by atoms with Crippen molar-refractivity contribution in [3.63, 3.8) is 0 Å². The van der Waals surface area contributed by atoms with Gasteiger partial charge in [-0.05, 0) is 81.0 Å². The van der Waals surface area contributed by atoms with E-state index in [1.54, 1.807) is 6.92 Å². The third-order valence-corrected chi connectivity index (χ3v) is 7.99. The van der Waals surface area contributed by atoms with Gasteiger partial charge in [-0.25, -0.2) is 4.39 Å². The van der Waals surface area contributed by atoms with Crippen LogP contribution in [-0.4, -0.2) is 57.5 Å². The molecule has 2 aliphatic carbocycles. The number of nitrogens with one attached hydrogen (secondary N) is 3. The number of halogens is 7. The van der Waals surface area contributed by atoms with Gasteiger partial charge in [-0.1, -0.05) is 0 Å². The van der Waals surface area contributed by atoms with Crippen LogP contribution >= 0.6 is 0 Å². The molecule has 242 valence electrons. The lowest BCUT2D eigenvalue weighted by atomic mass is 9.88. The number of alkyl halides is 6. The summed E-state index contributed by atoms with van der Waals surface area (Å²) in [7, 11) is 0. The minimum Gasteiger partial charge on any atom is -0.394 e. The van der Waals surface area contributed by atoms with Crippen LogP contribution in [0.15, 0.2) is 24.4 Å². The molecule has 2 unspecified atom stereocenters. The van der Waals surface area contributed by atoms with Gasteiger partial charge in [-0.15, -0.1) is 0 Å². The van der Waals surface area contributed by atoms with E-state index in [0.29, 0.717) is 12.6 Å². The van der Waals surface area contributed by atoms with Gasteiger partial charge < -0.3 is 21.1 Å². The lowest BCUT2D eigenvalue weighted by Crippen LogP contribution is -2.50. The Morgan fingerprint density at radius 1 is 1.02 bits per heavy atom. The topological polar surface area (TPSA) is 125 Å². The van der Waals surface area contributed by atoms with Gasteiger partial charge in [0.2, 0.25) is 11.8 Å². The van der Waals surface area contributed by atoms with Crippen LogP contribution in [0.2, 0.25) is 0 Å². The largest absolute Gasteiger partial charge is 0.416 e. The first kappa shape index (κ1) is 33.2. The van der Waals surface area contributed by atoms with Crippen LogP contribution in [0, 0.1) is 23.6 Å². The molecule has 2 aliphatic rings. The Hall–Kier alpha value is -3.69. The molecule has 44 heavy (non-hydrogen) atoms. The van der Waals surface area contributed by atoms with E-state index in [2.05, 4.69) is 15.7 Å². The van der Waals surface area contributed by atoms with Crippen molar-refractivity contribution >= 4 is 23.4 Å². The number of benzene rings is 1. The lowest BCUT2D eigenvalue weighted by Gasteiger charge is -2.28.